The van der Waals surface area contributed by atoms with Crippen LogP contribution in [0, 0.1) is 0 Å². The van der Waals surface area contributed by atoms with Gasteiger partial charge in [0.15, 0.2) is 17.3 Å². The Kier molecular flexibility index (Phi) is 6.53. The van der Waals surface area contributed by atoms with Crippen molar-refractivity contribution in [3.63, 3.8) is 0 Å². The molecule has 0 aromatic heterocycles. The molecule has 0 amide bonds. The molecule has 0 saturated carbocycles. The quantitative estimate of drug-likeness (QED) is 0.506. The fourth-order valence-electron chi connectivity index (χ4n) is 2.92. The summed E-state index contributed by atoms with van der Waals surface area (Å²) in [6.45, 7) is 3.23. The molecule has 1 saturated heterocycles. The number of nitrogens with zero attached hydrogens (tertiary/aromatic N) is 1. The van der Waals surface area contributed by atoms with Gasteiger partial charge in [-0.15, -0.1) is 0 Å². The first-order valence-corrected chi connectivity index (χ1v) is 9.48. The fourth-order valence-corrected chi connectivity index (χ4v) is 3.37. The number of rotatable bonds is 6. The highest BCUT2D eigenvalue weighted by molar-refractivity contribution is 9.10. The molecule has 0 spiro atoms. The van der Waals surface area contributed by atoms with E-state index in [1.54, 1.807) is 26.4 Å². The van der Waals surface area contributed by atoms with Crippen LogP contribution in [0.25, 0.3) is 6.08 Å². The Morgan fingerprint density at radius 3 is 2.33 bits per heavy atom. The van der Waals surface area contributed by atoms with Gasteiger partial charge >= 0.3 is 0 Å². The van der Waals surface area contributed by atoms with Gasteiger partial charge in [-0.2, -0.15) is 0 Å². The summed E-state index contributed by atoms with van der Waals surface area (Å²) in [7, 11) is 3.17. The molecule has 0 aliphatic carbocycles. The third kappa shape index (κ3) is 4.70. The third-order valence-corrected chi connectivity index (χ3v) is 5.13. The molecule has 1 heterocycles. The lowest BCUT2D eigenvalue weighted by Gasteiger charge is -2.28. The van der Waals surface area contributed by atoms with Crippen LogP contribution in [0.3, 0.4) is 0 Å². The van der Waals surface area contributed by atoms with Crippen LogP contribution in [-0.2, 0) is 4.74 Å². The molecule has 1 fully saturated rings. The zero-order valence-corrected chi connectivity index (χ0v) is 17.0. The lowest BCUT2D eigenvalue weighted by Crippen LogP contribution is -2.36. The molecule has 1 aliphatic rings. The first kappa shape index (κ1) is 19.5. The number of carbonyl (C=O) groups is 1. The van der Waals surface area contributed by atoms with Crippen molar-refractivity contribution in [2.45, 2.75) is 0 Å². The van der Waals surface area contributed by atoms with Crippen molar-refractivity contribution in [2.75, 3.05) is 45.4 Å². The molecule has 0 radical (unpaired) electrons. The molecule has 1 aliphatic heterocycles. The number of ether oxygens (including phenoxy) is 3. The van der Waals surface area contributed by atoms with E-state index in [1.807, 2.05) is 36.4 Å². The second-order valence-electron chi connectivity index (χ2n) is 6.07. The highest BCUT2D eigenvalue weighted by Gasteiger charge is 2.12. The van der Waals surface area contributed by atoms with Crippen LogP contribution in [0.2, 0.25) is 0 Å². The second kappa shape index (κ2) is 9.06. The predicted octanol–water partition coefficient (Wildman–Crippen LogP) is 4.20. The molecule has 0 unspecified atom stereocenters. The molecule has 2 aromatic carbocycles. The van der Waals surface area contributed by atoms with E-state index in [-0.39, 0.29) is 5.78 Å². The molecule has 2 aromatic rings. The van der Waals surface area contributed by atoms with E-state index < -0.39 is 0 Å². The van der Waals surface area contributed by atoms with Gasteiger partial charge in [0.25, 0.3) is 0 Å². The number of benzene rings is 2. The number of methoxy groups -OCH3 is 2. The lowest BCUT2D eigenvalue weighted by molar-refractivity contribution is 0.104. The van der Waals surface area contributed by atoms with E-state index in [2.05, 4.69) is 20.8 Å². The minimum atomic E-state index is -0.0507. The summed E-state index contributed by atoms with van der Waals surface area (Å²) in [6, 6.07) is 11.3. The first-order chi connectivity index (χ1) is 13.1. The largest absolute Gasteiger partial charge is 0.493 e. The lowest BCUT2D eigenvalue weighted by atomic mass is 10.1. The summed E-state index contributed by atoms with van der Waals surface area (Å²) in [5.74, 6) is 1.19. The van der Waals surface area contributed by atoms with Crippen LogP contribution >= 0.6 is 15.9 Å². The summed E-state index contributed by atoms with van der Waals surface area (Å²) >= 11 is 3.50. The maximum absolute atomic E-state index is 12.5. The SMILES string of the molecule is COc1cc(Br)c(/C=C/C(=O)c2ccc(N3CCOCC3)cc2)cc1OC. The Morgan fingerprint density at radius 1 is 1.07 bits per heavy atom. The van der Waals surface area contributed by atoms with E-state index in [0.29, 0.717) is 17.1 Å². The van der Waals surface area contributed by atoms with Gasteiger partial charge < -0.3 is 19.1 Å². The zero-order valence-electron chi connectivity index (χ0n) is 15.4. The van der Waals surface area contributed by atoms with Gasteiger partial charge in [0.05, 0.1) is 27.4 Å². The van der Waals surface area contributed by atoms with Gasteiger partial charge in [-0.25, -0.2) is 0 Å². The first-order valence-electron chi connectivity index (χ1n) is 8.69. The van der Waals surface area contributed by atoms with Crippen molar-refractivity contribution in [3.8, 4) is 11.5 Å². The molecule has 0 N–H and O–H groups in total. The number of hydrogen-bond donors (Lipinski definition) is 0. The Hall–Kier alpha value is -2.31. The minimum Gasteiger partial charge on any atom is -0.493 e. The van der Waals surface area contributed by atoms with Crippen molar-refractivity contribution in [2.24, 2.45) is 0 Å². The molecular weight excluding hydrogens is 410 g/mol. The number of ketones is 1. The van der Waals surface area contributed by atoms with Gasteiger partial charge in [-0.05, 0) is 54.1 Å². The van der Waals surface area contributed by atoms with E-state index >= 15 is 0 Å². The van der Waals surface area contributed by atoms with E-state index in [0.717, 1.165) is 42.0 Å². The molecule has 142 valence electrons. The molecule has 27 heavy (non-hydrogen) atoms. The van der Waals surface area contributed by atoms with E-state index in [4.69, 9.17) is 14.2 Å². The van der Waals surface area contributed by atoms with Crippen molar-refractivity contribution in [1.82, 2.24) is 0 Å². The van der Waals surface area contributed by atoms with Gasteiger partial charge in [0.2, 0.25) is 0 Å². The van der Waals surface area contributed by atoms with Crippen molar-refractivity contribution in [1.29, 1.82) is 0 Å². The number of allylic oxidation sites excluding steroid dienone is 1. The van der Waals surface area contributed by atoms with Crippen molar-refractivity contribution < 1.29 is 19.0 Å². The summed E-state index contributed by atoms with van der Waals surface area (Å²) < 4.78 is 16.8. The molecular formula is C21H22BrNO4. The average Bonchev–Trinajstić information content (AvgIpc) is 2.73. The van der Waals surface area contributed by atoms with Crippen LogP contribution in [0.4, 0.5) is 5.69 Å². The van der Waals surface area contributed by atoms with Gasteiger partial charge in [-0.3, -0.25) is 4.79 Å². The summed E-state index contributed by atoms with van der Waals surface area (Å²) in [6.07, 6.45) is 3.33. The minimum absolute atomic E-state index is 0.0507. The predicted molar refractivity (Wildman–Crippen MR) is 110 cm³/mol. The average molecular weight is 432 g/mol. The second-order valence-corrected chi connectivity index (χ2v) is 6.93. The maximum Gasteiger partial charge on any atom is 0.185 e. The Morgan fingerprint density at radius 2 is 1.70 bits per heavy atom. The molecule has 0 bridgehead atoms. The Bertz CT molecular complexity index is 827. The van der Waals surface area contributed by atoms with Crippen LogP contribution in [0.1, 0.15) is 15.9 Å². The number of halogens is 1. The smallest absolute Gasteiger partial charge is 0.185 e. The van der Waals surface area contributed by atoms with E-state index in [1.165, 1.54) is 0 Å². The van der Waals surface area contributed by atoms with Gasteiger partial charge in [0, 0.05) is 28.8 Å². The monoisotopic (exact) mass is 431 g/mol. The fraction of sp³-hybridized carbons (Fsp3) is 0.286. The van der Waals surface area contributed by atoms with Crippen LogP contribution in [0.5, 0.6) is 11.5 Å². The third-order valence-electron chi connectivity index (χ3n) is 4.45. The highest BCUT2D eigenvalue weighted by Crippen LogP contribution is 2.34. The summed E-state index contributed by atoms with van der Waals surface area (Å²) in [4.78, 5) is 14.8. The Labute approximate surface area is 167 Å². The Balaban J connectivity index is 1.73. The zero-order chi connectivity index (χ0) is 19.2. The molecule has 0 atom stereocenters. The molecule has 3 rings (SSSR count). The highest BCUT2D eigenvalue weighted by atomic mass is 79.9. The van der Waals surface area contributed by atoms with Crippen LogP contribution < -0.4 is 14.4 Å². The van der Waals surface area contributed by atoms with Gasteiger partial charge in [-0.1, -0.05) is 15.9 Å². The van der Waals surface area contributed by atoms with Crippen LogP contribution in [0.15, 0.2) is 46.9 Å². The number of hydrogen-bond acceptors (Lipinski definition) is 5. The van der Waals surface area contributed by atoms with Crippen LogP contribution in [-0.4, -0.2) is 46.3 Å². The summed E-state index contributed by atoms with van der Waals surface area (Å²) in [5.41, 5.74) is 2.60. The van der Waals surface area contributed by atoms with Crippen molar-refractivity contribution >= 4 is 33.5 Å². The molecule has 6 heteroatoms. The topological polar surface area (TPSA) is 48.0 Å². The maximum atomic E-state index is 12.5. The number of anilines is 1. The number of morpholine rings is 1. The molecule has 5 nitrogen and oxygen atoms in total. The summed E-state index contributed by atoms with van der Waals surface area (Å²) in [5, 5.41) is 0. The van der Waals surface area contributed by atoms with Gasteiger partial charge in [0.1, 0.15) is 0 Å². The van der Waals surface area contributed by atoms with Crippen molar-refractivity contribution in [3.05, 3.63) is 58.1 Å². The standard InChI is InChI=1S/C21H22BrNO4/c1-25-20-13-16(18(22)14-21(20)26-2)5-8-19(24)15-3-6-17(7-4-15)23-9-11-27-12-10-23/h3-8,13-14H,9-12H2,1-2H3/b8-5+. The number of carbonyl (C=O) groups excluding carboxylic acids is 1. The van der Waals surface area contributed by atoms with E-state index in [9.17, 15) is 4.79 Å². The normalized spacial score (nSPS) is 14.4.